The summed E-state index contributed by atoms with van der Waals surface area (Å²) in [5, 5.41) is 8.14. The van der Waals surface area contributed by atoms with E-state index in [1.165, 1.54) is 43.5 Å². The van der Waals surface area contributed by atoms with Gasteiger partial charge in [0.15, 0.2) is 11.5 Å². The Morgan fingerprint density at radius 1 is 0.912 bits per heavy atom. The van der Waals surface area contributed by atoms with Crippen molar-refractivity contribution in [2.45, 2.75) is 29.1 Å². The van der Waals surface area contributed by atoms with Gasteiger partial charge in [0.1, 0.15) is 10.7 Å². The van der Waals surface area contributed by atoms with E-state index in [1.807, 2.05) is 4.90 Å². The van der Waals surface area contributed by atoms with Crippen LogP contribution in [0.2, 0.25) is 0 Å². The van der Waals surface area contributed by atoms with Gasteiger partial charge in [0, 0.05) is 13.1 Å². The Morgan fingerprint density at radius 2 is 1.56 bits per heavy atom. The Balaban J connectivity index is 1.76. The minimum absolute atomic E-state index is 0.00241. The van der Waals surface area contributed by atoms with Gasteiger partial charge in [-0.1, -0.05) is 34.6 Å². The molecule has 0 spiro atoms. The largest absolute Gasteiger partial charge is 0.497 e. The second-order valence-electron chi connectivity index (χ2n) is 7.57. The van der Waals surface area contributed by atoms with E-state index in [9.17, 15) is 16.8 Å². The van der Waals surface area contributed by atoms with Gasteiger partial charge >= 0.3 is 0 Å². The molecule has 3 aromatic rings. The molecule has 0 unspecified atom stereocenters. The predicted molar refractivity (Wildman–Crippen MR) is 130 cm³/mol. The highest BCUT2D eigenvalue weighted by Gasteiger charge is 2.29. The molecular formula is C21H23N5O5S3. The van der Waals surface area contributed by atoms with Crippen molar-refractivity contribution in [3.05, 3.63) is 60.3 Å². The number of benzene rings is 2. The van der Waals surface area contributed by atoms with Crippen molar-refractivity contribution in [3.63, 3.8) is 0 Å². The molecule has 1 N–H and O–H groups in total. The van der Waals surface area contributed by atoms with Crippen molar-refractivity contribution in [1.82, 2.24) is 19.3 Å². The zero-order chi connectivity index (χ0) is 24.3. The van der Waals surface area contributed by atoms with E-state index in [4.69, 9.17) is 17.0 Å². The Kier molecular flexibility index (Phi) is 6.86. The number of sulfonamides is 1. The van der Waals surface area contributed by atoms with Crippen molar-refractivity contribution in [2.24, 2.45) is 0 Å². The van der Waals surface area contributed by atoms with Crippen LogP contribution in [0.1, 0.15) is 25.0 Å². The fourth-order valence-electron chi connectivity index (χ4n) is 3.48. The molecule has 1 fully saturated rings. The van der Waals surface area contributed by atoms with E-state index >= 15 is 0 Å². The number of aromatic nitrogens is 3. The van der Waals surface area contributed by atoms with Gasteiger partial charge in [-0.3, -0.25) is 4.72 Å². The van der Waals surface area contributed by atoms with Crippen molar-refractivity contribution < 1.29 is 21.6 Å². The van der Waals surface area contributed by atoms with Gasteiger partial charge in [0.05, 0.1) is 16.9 Å². The third-order valence-corrected chi connectivity index (χ3v) is 8.57. The Morgan fingerprint density at radius 3 is 2.18 bits per heavy atom. The monoisotopic (exact) mass is 521 g/mol. The number of ether oxygens (including phenoxy) is 1. The minimum Gasteiger partial charge on any atom is -0.497 e. The zero-order valence-electron chi connectivity index (χ0n) is 18.3. The second kappa shape index (κ2) is 9.68. The lowest BCUT2D eigenvalue weighted by molar-refractivity contribution is 0.347. The second-order valence-corrected chi connectivity index (χ2v) is 11.4. The first kappa shape index (κ1) is 24.1. The average molecular weight is 522 g/mol. The number of anilines is 1. The first-order chi connectivity index (χ1) is 16.2. The normalized spacial score (nSPS) is 14.6. The van der Waals surface area contributed by atoms with Crippen LogP contribution in [0, 0.1) is 0 Å². The predicted octanol–water partition coefficient (Wildman–Crippen LogP) is 2.49. The van der Waals surface area contributed by atoms with E-state index in [-0.39, 0.29) is 26.3 Å². The number of hydrogen-bond donors (Lipinski definition) is 1. The molecule has 10 nitrogen and oxygen atoms in total. The highest BCUT2D eigenvalue weighted by Crippen LogP contribution is 2.24. The summed E-state index contributed by atoms with van der Waals surface area (Å²) in [5.41, 5.74) is -0.0199. The van der Waals surface area contributed by atoms with Gasteiger partial charge in [-0.05, 0) is 55.7 Å². The average Bonchev–Trinajstić information content (AvgIpc) is 3.28. The number of nitrogens with one attached hydrogen (secondary N) is 1. The Hall–Kier alpha value is -3.03. The molecule has 2 heterocycles. The van der Waals surface area contributed by atoms with Crippen LogP contribution in [0.25, 0.3) is 0 Å². The lowest BCUT2D eigenvalue weighted by Gasteiger charge is -2.28. The molecule has 0 atom stereocenters. The third kappa shape index (κ3) is 4.91. The minimum atomic E-state index is -4.22. The van der Waals surface area contributed by atoms with Crippen molar-refractivity contribution in [3.8, 4) is 5.75 Å². The molecular weight excluding hydrogens is 498 g/mol. The van der Waals surface area contributed by atoms with Gasteiger partial charge in [-0.15, -0.1) is 10.2 Å². The number of piperidine rings is 1. The van der Waals surface area contributed by atoms with Gasteiger partial charge in [-0.25, -0.2) is 8.42 Å². The SMILES string of the molecule is COc1ccc(S(=O)(=O)n2nc(NS(=O)(=O)c3ccccc3)c(C(=S)N3CCCCC3)n2)cc1. The summed E-state index contributed by atoms with van der Waals surface area (Å²) in [6, 6.07) is 13.4. The van der Waals surface area contributed by atoms with Crippen LogP contribution in [-0.2, 0) is 20.0 Å². The van der Waals surface area contributed by atoms with Gasteiger partial charge in [-0.2, -0.15) is 8.42 Å². The van der Waals surface area contributed by atoms with Crippen LogP contribution in [0.15, 0.2) is 64.4 Å². The number of rotatable bonds is 7. The van der Waals surface area contributed by atoms with E-state index in [1.54, 1.807) is 18.2 Å². The summed E-state index contributed by atoms with van der Waals surface area (Å²) >= 11 is 5.58. The number of thiocarbonyl (C=S) groups is 1. The van der Waals surface area contributed by atoms with Gasteiger partial charge in [0.2, 0.25) is 0 Å². The molecule has 1 aliphatic heterocycles. The van der Waals surface area contributed by atoms with Crippen LogP contribution < -0.4 is 9.46 Å². The van der Waals surface area contributed by atoms with E-state index in [0.29, 0.717) is 23.0 Å². The lowest BCUT2D eigenvalue weighted by atomic mass is 10.1. The molecule has 4 rings (SSSR count). The number of likely N-dealkylation sites (tertiary alicyclic amines) is 1. The standard InChI is InChI=1S/C21H23N5O5S3/c1-31-16-10-12-18(13-11-16)34(29,30)26-22-19(21(32)25-14-6-3-7-15-25)20(23-26)24-33(27,28)17-8-4-2-5-9-17/h2,4-5,8-13H,3,6-7,14-15H2,1H3,(H,23,24). The van der Waals surface area contributed by atoms with Crippen LogP contribution in [0.3, 0.4) is 0 Å². The quantitative estimate of drug-likeness (QED) is 0.467. The molecule has 0 bridgehead atoms. The summed E-state index contributed by atoms with van der Waals surface area (Å²) in [5.74, 6) is 0.229. The maximum atomic E-state index is 13.2. The fourth-order valence-corrected chi connectivity index (χ4v) is 5.88. The van der Waals surface area contributed by atoms with Crippen molar-refractivity contribution in [2.75, 3.05) is 24.9 Å². The van der Waals surface area contributed by atoms with Gasteiger partial charge < -0.3 is 9.64 Å². The lowest BCUT2D eigenvalue weighted by Crippen LogP contribution is -2.35. The summed E-state index contributed by atoms with van der Waals surface area (Å²) in [6.45, 7) is 1.34. The molecule has 0 radical (unpaired) electrons. The first-order valence-electron chi connectivity index (χ1n) is 10.5. The fraction of sp³-hybridized carbons (Fsp3) is 0.286. The maximum absolute atomic E-state index is 13.2. The molecule has 1 saturated heterocycles. The zero-order valence-corrected chi connectivity index (χ0v) is 20.7. The summed E-state index contributed by atoms with van der Waals surface area (Å²) in [4.78, 5) is 2.03. The topological polar surface area (TPSA) is 123 Å². The summed E-state index contributed by atoms with van der Waals surface area (Å²) in [6.07, 6.45) is 2.90. The number of nitrogens with zero attached hydrogens (tertiary/aromatic N) is 4. The smallest absolute Gasteiger partial charge is 0.299 e. The van der Waals surface area contributed by atoms with Crippen LogP contribution in [0.5, 0.6) is 5.75 Å². The first-order valence-corrected chi connectivity index (χ1v) is 13.8. The van der Waals surface area contributed by atoms with E-state index < -0.39 is 20.0 Å². The Labute approximate surface area is 203 Å². The summed E-state index contributed by atoms with van der Waals surface area (Å²) < 4.78 is 60.2. The molecule has 2 aromatic carbocycles. The number of hydrogen-bond acceptors (Lipinski definition) is 8. The molecule has 0 aliphatic carbocycles. The molecule has 1 aliphatic rings. The Bertz CT molecular complexity index is 1380. The highest BCUT2D eigenvalue weighted by atomic mass is 32.2. The van der Waals surface area contributed by atoms with E-state index in [0.717, 1.165) is 19.3 Å². The van der Waals surface area contributed by atoms with Crippen LogP contribution >= 0.6 is 12.2 Å². The van der Waals surface area contributed by atoms with E-state index in [2.05, 4.69) is 14.9 Å². The third-order valence-electron chi connectivity index (χ3n) is 5.30. The van der Waals surface area contributed by atoms with Crippen molar-refractivity contribution >= 4 is 43.1 Å². The summed E-state index contributed by atoms with van der Waals surface area (Å²) in [7, 11) is -6.82. The van der Waals surface area contributed by atoms with Crippen LogP contribution in [0.4, 0.5) is 5.82 Å². The molecule has 0 amide bonds. The molecule has 34 heavy (non-hydrogen) atoms. The van der Waals surface area contributed by atoms with Crippen molar-refractivity contribution in [1.29, 1.82) is 0 Å². The van der Waals surface area contributed by atoms with Gasteiger partial charge in [0.25, 0.3) is 20.0 Å². The maximum Gasteiger partial charge on any atom is 0.299 e. The molecule has 1 aromatic heterocycles. The molecule has 13 heteroatoms. The highest BCUT2D eigenvalue weighted by molar-refractivity contribution is 7.92. The molecule has 180 valence electrons. The molecule has 0 saturated carbocycles. The van der Waals surface area contributed by atoms with Crippen LogP contribution in [-0.4, -0.2) is 61.3 Å². The number of methoxy groups -OCH3 is 1.